The smallest absolute Gasteiger partial charge is 0.268 e. The molecule has 0 saturated heterocycles. The molecule has 0 bridgehead atoms. The molecular weight excluding hydrogens is 182 g/mol. The second-order valence-corrected chi connectivity index (χ2v) is 2.33. The van der Waals surface area contributed by atoms with E-state index in [0.29, 0.717) is 0 Å². The Morgan fingerprint density at radius 2 is 2.15 bits per heavy atom. The van der Waals surface area contributed by atoms with Crippen LogP contribution in [0.5, 0.6) is 0 Å². The third-order valence-corrected chi connectivity index (χ3v) is 1.49. The number of nitrogen functional groups attached to an aromatic ring is 1. The van der Waals surface area contributed by atoms with Crippen molar-refractivity contribution in [3.63, 3.8) is 0 Å². The zero-order chi connectivity index (χ0) is 10.0. The van der Waals surface area contributed by atoms with Gasteiger partial charge in [-0.1, -0.05) is 0 Å². The van der Waals surface area contributed by atoms with Crippen molar-refractivity contribution in [2.24, 2.45) is 0 Å². The first kappa shape index (κ1) is 9.37. The van der Waals surface area contributed by atoms with Gasteiger partial charge in [-0.25, -0.2) is 8.78 Å². The van der Waals surface area contributed by atoms with Gasteiger partial charge < -0.3 is 10.7 Å². The molecule has 0 saturated carbocycles. The number of aromatic amines is 1. The van der Waals surface area contributed by atoms with Crippen molar-refractivity contribution in [2.75, 3.05) is 5.73 Å². The summed E-state index contributed by atoms with van der Waals surface area (Å²) >= 11 is 0. The number of aldehydes is 1. The van der Waals surface area contributed by atoms with Crippen LogP contribution in [0, 0.1) is 0 Å². The Bertz CT molecular complexity index is 387. The molecule has 1 rings (SSSR count). The molecule has 1 aromatic rings. The van der Waals surface area contributed by atoms with Crippen molar-refractivity contribution in [1.82, 2.24) is 4.98 Å². The van der Waals surface area contributed by atoms with Crippen LogP contribution in [-0.2, 0) is 0 Å². The molecule has 3 N–H and O–H groups in total. The monoisotopic (exact) mass is 188 g/mol. The summed E-state index contributed by atoms with van der Waals surface area (Å²) < 4.78 is 24.5. The van der Waals surface area contributed by atoms with Gasteiger partial charge in [0.15, 0.2) is 6.29 Å². The number of pyridine rings is 1. The van der Waals surface area contributed by atoms with Crippen LogP contribution >= 0.6 is 0 Å². The number of aromatic nitrogens is 1. The predicted molar refractivity (Wildman–Crippen MR) is 41.8 cm³/mol. The third kappa shape index (κ3) is 1.71. The predicted octanol–water partition coefficient (Wildman–Crippen LogP) is 0.707. The minimum atomic E-state index is -2.88. The lowest BCUT2D eigenvalue weighted by Gasteiger charge is -2.05. The van der Waals surface area contributed by atoms with E-state index in [0.717, 1.165) is 6.07 Å². The number of halogens is 2. The van der Waals surface area contributed by atoms with Gasteiger partial charge in [-0.3, -0.25) is 9.59 Å². The molecule has 0 atom stereocenters. The van der Waals surface area contributed by atoms with E-state index >= 15 is 0 Å². The Balaban J connectivity index is 3.47. The molecule has 0 amide bonds. The number of carbonyl (C=O) groups excluding carboxylic acids is 1. The fourth-order valence-corrected chi connectivity index (χ4v) is 0.952. The van der Waals surface area contributed by atoms with Crippen molar-refractivity contribution in [2.45, 2.75) is 6.43 Å². The number of H-pyrrole nitrogens is 1. The van der Waals surface area contributed by atoms with E-state index in [1.165, 1.54) is 0 Å². The van der Waals surface area contributed by atoms with Crippen molar-refractivity contribution < 1.29 is 13.6 Å². The fourth-order valence-electron chi connectivity index (χ4n) is 0.952. The summed E-state index contributed by atoms with van der Waals surface area (Å²) in [5, 5.41) is 0. The van der Waals surface area contributed by atoms with Crippen LogP contribution in [0.25, 0.3) is 0 Å². The number of alkyl halides is 2. The first-order valence-corrected chi connectivity index (χ1v) is 3.32. The minimum Gasteiger partial charge on any atom is -0.385 e. The maximum atomic E-state index is 12.2. The highest BCUT2D eigenvalue weighted by Gasteiger charge is 2.17. The summed E-state index contributed by atoms with van der Waals surface area (Å²) in [5.41, 5.74) is 3.42. The Hall–Kier alpha value is -1.72. The quantitative estimate of drug-likeness (QED) is 0.671. The van der Waals surface area contributed by atoms with E-state index in [-0.39, 0.29) is 11.8 Å². The Morgan fingerprint density at radius 3 is 2.62 bits per heavy atom. The number of nitrogens with one attached hydrogen (secondary N) is 1. The molecule has 13 heavy (non-hydrogen) atoms. The van der Waals surface area contributed by atoms with Crippen LogP contribution in [0.15, 0.2) is 10.9 Å². The number of carbonyl (C=O) groups is 1. The average Bonchev–Trinajstić information content (AvgIpc) is 2.01. The topological polar surface area (TPSA) is 76.0 Å². The van der Waals surface area contributed by atoms with Gasteiger partial charge >= 0.3 is 0 Å². The molecule has 6 heteroatoms. The molecule has 0 unspecified atom stereocenters. The molecule has 0 fully saturated rings. The first-order chi connectivity index (χ1) is 6.06. The van der Waals surface area contributed by atoms with E-state index in [2.05, 4.69) is 0 Å². The lowest BCUT2D eigenvalue weighted by atomic mass is 10.1. The molecule has 0 aliphatic carbocycles. The van der Waals surface area contributed by atoms with E-state index in [4.69, 9.17) is 5.73 Å². The highest BCUT2D eigenvalue weighted by molar-refractivity contribution is 5.79. The van der Waals surface area contributed by atoms with Crippen LogP contribution in [0.4, 0.5) is 14.6 Å². The van der Waals surface area contributed by atoms with Gasteiger partial charge in [0.2, 0.25) is 5.56 Å². The van der Waals surface area contributed by atoms with Crippen LogP contribution in [0.1, 0.15) is 22.3 Å². The molecule has 1 heterocycles. The fraction of sp³-hybridized carbons (Fsp3) is 0.143. The van der Waals surface area contributed by atoms with Crippen molar-refractivity contribution in [3.8, 4) is 0 Å². The normalized spacial score (nSPS) is 10.4. The number of hydrogen-bond donors (Lipinski definition) is 2. The highest BCUT2D eigenvalue weighted by atomic mass is 19.3. The summed E-state index contributed by atoms with van der Waals surface area (Å²) in [6.45, 7) is 0. The van der Waals surface area contributed by atoms with E-state index in [1.54, 1.807) is 0 Å². The zero-order valence-corrected chi connectivity index (χ0v) is 6.38. The van der Waals surface area contributed by atoms with Crippen LogP contribution in [0.2, 0.25) is 0 Å². The van der Waals surface area contributed by atoms with Gasteiger partial charge in [-0.05, 0) is 0 Å². The van der Waals surface area contributed by atoms with Crippen molar-refractivity contribution >= 4 is 12.1 Å². The molecule has 0 spiro atoms. The first-order valence-electron chi connectivity index (χ1n) is 3.32. The van der Waals surface area contributed by atoms with Crippen LogP contribution in [-0.4, -0.2) is 11.3 Å². The molecule has 0 radical (unpaired) electrons. The van der Waals surface area contributed by atoms with Gasteiger partial charge in [-0.2, -0.15) is 0 Å². The zero-order valence-electron chi connectivity index (χ0n) is 6.38. The molecule has 4 nitrogen and oxygen atoms in total. The van der Waals surface area contributed by atoms with E-state index in [1.807, 2.05) is 4.98 Å². The summed E-state index contributed by atoms with van der Waals surface area (Å²) in [5.74, 6) is -0.468. The highest BCUT2D eigenvalue weighted by Crippen LogP contribution is 2.24. The van der Waals surface area contributed by atoms with Gasteiger partial charge in [0, 0.05) is 11.6 Å². The Kier molecular flexibility index (Phi) is 2.41. The van der Waals surface area contributed by atoms with Crippen molar-refractivity contribution in [1.29, 1.82) is 0 Å². The SMILES string of the molecule is Nc1[nH]c(=O)cc(C=O)c1C(F)F. The third-order valence-electron chi connectivity index (χ3n) is 1.49. The standard InChI is InChI=1S/C7H6F2N2O2/c8-6(9)5-3(2-12)1-4(13)11-7(5)10/h1-2,6H,(H3,10,11,13). The van der Waals surface area contributed by atoms with Gasteiger partial charge in [0.05, 0.1) is 5.56 Å². The number of hydrogen-bond acceptors (Lipinski definition) is 3. The number of nitrogens with two attached hydrogens (primary N) is 1. The largest absolute Gasteiger partial charge is 0.385 e. The molecule has 70 valence electrons. The van der Waals surface area contributed by atoms with Gasteiger partial charge in [0.25, 0.3) is 6.43 Å². The molecule has 1 aromatic heterocycles. The van der Waals surface area contributed by atoms with E-state index < -0.39 is 23.4 Å². The van der Waals surface area contributed by atoms with Crippen molar-refractivity contribution in [3.05, 3.63) is 27.5 Å². The molecule has 0 aliphatic rings. The lowest BCUT2D eigenvalue weighted by molar-refractivity contribution is 0.110. The second-order valence-electron chi connectivity index (χ2n) is 2.33. The molecule has 0 aromatic carbocycles. The average molecular weight is 188 g/mol. The number of anilines is 1. The molecular formula is C7H6F2N2O2. The lowest BCUT2D eigenvalue weighted by Crippen LogP contribution is -2.13. The maximum Gasteiger partial charge on any atom is 0.268 e. The Labute approximate surface area is 71.4 Å². The second kappa shape index (κ2) is 3.34. The summed E-state index contributed by atoms with van der Waals surface area (Å²) in [4.78, 5) is 23.0. The number of rotatable bonds is 2. The van der Waals surface area contributed by atoms with E-state index in [9.17, 15) is 18.4 Å². The summed E-state index contributed by atoms with van der Waals surface area (Å²) in [6, 6.07) is 0.783. The summed E-state index contributed by atoms with van der Waals surface area (Å²) in [6.07, 6.45) is -2.70. The van der Waals surface area contributed by atoms with Crippen LogP contribution in [0.3, 0.4) is 0 Å². The minimum absolute atomic E-state index is 0.174. The molecule has 0 aliphatic heterocycles. The van der Waals surface area contributed by atoms with Crippen LogP contribution < -0.4 is 11.3 Å². The Morgan fingerprint density at radius 1 is 1.54 bits per heavy atom. The van der Waals surface area contributed by atoms with Gasteiger partial charge in [0.1, 0.15) is 5.82 Å². The maximum absolute atomic E-state index is 12.2. The summed E-state index contributed by atoms with van der Waals surface area (Å²) in [7, 11) is 0. The van der Waals surface area contributed by atoms with Gasteiger partial charge in [-0.15, -0.1) is 0 Å².